The van der Waals surface area contributed by atoms with Gasteiger partial charge in [0.2, 0.25) is 0 Å². The van der Waals surface area contributed by atoms with Gasteiger partial charge in [0.15, 0.2) is 0 Å². The largest absolute Gasteiger partial charge is 0.465 e. The normalized spacial score (nSPS) is 26.0. The van der Waals surface area contributed by atoms with E-state index in [0.717, 1.165) is 5.56 Å². The van der Waals surface area contributed by atoms with E-state index in [-0.39, 0.29) is 12.1 Å². The predicted octanol–water partition coefficient (Wildman–Crippen LogP) is 3.15. The maximum atomic E-state index is 12.5. The van der Waals surface area contributed by atoms with Crippen LogP contribution in [-0.4, -0.2) is 48.4 Å². The molecule has 142 valence electrons. The number of ether oxygens (including phenoxy) is 3. The standard InChI is InChI=1S/C20H27NO5/c1-19(2,3)26-18(23)21-11-9-20(10-12-24-17(20)22)16(13-21)25-14-15-7-5-4-6-8-15/h4-8,16H,9-14H2,1-3H3/t16-,20+/m1/s1. The van der Waals surface area contributed by atoms with Crippen LogP contribution in [0.5, 0.6) is 0 Å². The molecule has 2 saturated heterocycles. The number of cyclic esters (lactones) is 1. The Labute approximate surface area is 154 Å². The van der Waals surface area contributed by atoms with Crippen molar-refractivity contribution in [1.82, 2.24) is 4.90 Å². The number of hydrogen-bond acceptors (Lipinski definition) is 5. The molecule has 0 bridgehead atoms. The third-order valence-electron chi connectivity index (χ3n) is 4.96. The van der Waals surface area contributed by atoms with Gasteiger partial charge in [-0.3, -0.25) is 4.79 Å². The predicted molar refractivity (Wildman–Crippen MR) is 95.5 cm³/mol. The van der Waals surface area contributed by atoms with Gasteiger partial charge in [0, 0.05) is 13.0 Å². The van der Waals surface area contributed by atoms with Crippen LogP contribution in [0.15, 0.2) is 30.3 Å². The highest BCUT2D eigenvalue weighted by atomic mass is 16.6. The Morgan fingerprint density at radius 2 is 2.00 bits per heavy atom. The van der Waals surface area contributed by atoms with Crippen molar-refractivity contribution in [2.45, 2.75) is 51.9 Å². The van der Waals surface area contributed by atoms with E-state index in [1.165, 1.54) is 0 Å². The fraction of sp³-hybridized carbons (Fsp3) is 0.600. The van der Waals surface area contributed by atoms with Crippen LogP contribution in [0.25, 0.3) is 0 Å². The molecule has 1 aromatic carbocycles. The van der Waals surface area contributed by atoms with Crippen molar-refractivity contribution >= 4 is 12.1 Å². The smallest absolute Gasteiger partial charge is 0.410 e. The van der Waals surface area contributed by atoms with Crippen molar-refractivity contribution in [2.24, 2.45) is 5.41 Å². The zero-order valence-electron chi connectivity index (χ0n) is 15.7. The highest BCUT2D eigenvalue weighted by Gasteiger charge is 2.54. The zero-order valence-corrected chi connectivity index (χ0v) is 15.7. The van der Waals surface area contributed by atoms with Crippen molar-refractivity contribution in [3.8, 4) is 0 Å². The minimum absolute atomic E-state index is 0.209. The zero-order chi connectivity index (χ0) is 18.8. The Balaban J connectivity index is 1.73. The Morgan fingerprint density at radius 3 is 2.62 bits per heavy atom. The number of esters is 1. The molecule has 6 heteroatoms. The second kappa shape index (κ2) is 7.27. The topological polar surface area (TPSA) is 65.1 Å². The van der Waals surface area contributed by atoms with Gasteiger partial charge in [-0.2, -0.15) is 0 Å². The lowest BCUT2D eigenvalue weighted by Gasteiger charge is -2.42. The van der Waals surface area contributed by atoms with Gasteiger partial charge in [0.25, 0.3) is 0 Å². The van der Waals surface area contributed by atoms with Crippen LogP contribution in [0.3, 0.4) is 0 Å². The Bertz CT molecular complexity index is 654. The van der Waals surface area contributed by atoms with E-state index < -0.39 is 17.1 Å². The number of hydrogen-bond donors (Lipinski definition) is 0. The summed E-state index contributed by atoms with van der Waals surface area (Å²) in [5.74, 6) is -0.209. The summed E-state index contributed by atoms with van der Waals surface area (Å²) in [7, 11) is 0. The average Bonchev–Trinajstić information content (AvgIpc) is 2.95. The number of piperidine rings is 1. The number of amides is 1. The van der Waals surface area contributed by atoms with Gasteiger partial charge in [-0.05, 0) is 32.8 Å². The quantitative estimate of drug-likeness (QED) is 0.774. The van der Waals surface area contributed by atoms with E-state index in [9.17, 15) is 9.59 Å². The molecule has 2 fully saturated rings. The molecule has 3 rings (SSSR count). The molecule has 2 heterocycles. The third kappa shape index (κ3) is 4.01. The highest BCUT2D eigenvalue weighted by molar-refractivity contribution is 5.80. The Kier molecular flexibility index (Phi) is 5.23. The number of nitrogens with zero attached hydrogens (tertiary/aromatic N) is 1. The second-order valence-electron chi connectivity index (χ2n) is 8.00. The first kappa shape index (κ1) is 18.7. The van der Waals surface area contributed by atoms with Crippen LogP contribution >= 0.6 is 0 Å². The van der Waals surface area contributed by atoms with Gasteiger partial charge in [-0.15, -0.1) is 0 Å². The molecule has 0 aromatic heterocycles. The summed E-state index contributed by atoms with van der Waals surface area (Å²) in [6, 6.07) is 9.81. The first-order valence-electron chi connectivity index (χ1n) is 9.11. The summed E-state index contributed by atoms with van der Waals surface area (Å²) in [5, 5.41) is 0. The summed E-state index contributed by atoms with van der Waals surface area (Å²) in [5.41, 5.74) is -0.185. The summed E-state index contributed by atoms with van der Waals surface area (Å²) in [4.78, 5) is 26.5. The molecule has 1 spiro atoms. The van der Waals surface area contributed by atoms with Crippen LogP contribution < -0.4 is 0 Å². The molecule has 2 atom stereocenters. The number of benzene rings is 1. The average molecular weight is 361 g/mol. The Morgan fingerprint density at radius 1 is 1.27 bits per heavy atom. The van der Waals surface area contributed by atoms with Gasteiger partial charge in [0.1, 0.15) is 11.0 Å². The maximum absolute atomic E-state index is 12.5. The molecule has 1 aromatic rings. The fourth-order valence-electron chi connectivity index (χ4n) is 3.53. The lowest BCUT2D eigenvalue weighted by atomic mass is 9.75. The van der Waals surface area contributed by atoms with E-state index in [1.54, 1.807) is 4.90 Å². The minimum Gasteiger partial charge on any atom is -0.465 e. The van der Waals surface area contributed by atoms with E-state index in [1.807, 2.05) is 51.1 Å². The molecule has 2 aliphatic rings. The molecule has 26 heavy (non-hydrogen) atoms. The summed E-state index contributed by atoms with van der Waals surface area (Å²) in [6.45, 7) is 7.13. The molecule has 0 radical (unpaired) electrons. The summed E-state index contributed by atoms with van der Waals surface area (Å²) in [6.07, 6.45) is 0.392. The van der Waals surface area contributed by atoms with E-state index >= 15 is 0 Å². The minimum atomic E-state index is -0.659. The van der Waals surface area contributed by atoms with Crippen LogP contribution in [0.1, 0.15) is 39.2 Å². The molecular formula is C20H27NO5. The van der Waals surface area contributed by atoms with Gasteiger partial charge in [0.05, 0.1) is 25.9 Å². The monoisotopic (exact) mass is 361 g/mol. The van der Waals surface area contributed by atoms with E-state index in [4.69, 9.17) is 14.2 Å². The van der Waals surface area contributed by atoms with Crippen LogP contribution in [0, 0.1) is 5.41 Å². The third-order valence-corrected chi connectivity index (χ3v) is 4.96. The number of likely N-dealkylation sites (tertiary alicyclic amines) is 1. The van der Waals surface area contributed by atoms with Gasteiger partial charge >= 0.3 is 12.1 Å². The molecule has 1 amide bonds. The first-order chi connectivity index (χ1) is 12.3. The van der Waals surface area contributed by atoms with Crippen molar-refractivity contribution in [3.63, 3.8) is 0 Å². The lowest BCUT2D eigenvalue weighted by molar-refractivity contribution is -0.161. The number of carbonyl (C=O) groups excluding carboxylic acids is 2. The van der Waals surface area contributed by atoms with Crippen LogP contribution in [-0.2, 0) is 25.6 Å². The summed E-state index contributed by atoms with van der Waals surface area (Å²) >= 11 is 0. The Hall–Kier alpha value is -2.08. The fourth-order valence-corrected chi connectivity index (χ4v) is 3.53. The van der Waals surface area contributed by atoms with Gasteiger partial charge in [-0.25, -0.2) is 4.79 Å². The first-order valence-corrected chi connectivity index (χ1v) is 9.11. The molecule has 0 aliphatic carbocycles. The van der Waals surface area contributed by atoms with Gasteiger partial charge < -0.3 is 19.1 Å². The molecule has 2 aliphatic heterocycles. The highest BCUT2D eigenvalue weighted by Crippen LogP contribution is 2.42. The molecule has 6 nitrogen and oxygen atoms in total. The molecule has 0 saturated carbocycles. The van der Waals surface area contributed by atoms with Crippen molar-refractivity contribution in [1.29, 1.82) is 0 Å². The van der Waals surface area contributed by atoms with Crippen molar-refractivity contribution < 1.29 is 23.8 Å². The maximum Gasteiger partial charge on any atom is 0.410 e. The second-order valence-corrected chi connectivity index (χ2v) is 8.00. The van der Waals surface area contributed by atoms with Crippen molar-refractivity contribution in [2.75, 3.05) is 19.7 Å². The molecule has 0 N–H and O–H groups in total. The molecule has 0 unspecified atom stereocenters. The van der Waals surface area contributed by atoms with E-state index in [0.29, 0.717) is 39.1 Å². The SMILES string of the molecule is CC(C)(C)OC(=O)N1CC[C@]2(CCOC2=O)[C@H](OCc2ccccc2)C1. The lowest BCUT2D eigenvalue weighted by Crippen LogP contribution is -2.56. The van der Waals surface area contributed by atoms with Crippen LogP contribution in [0.4, 0.5) is 4.79 Å². The number of carbonyl (C=O) groups is 2. The molecular weight excluding hydrogens is 334 g/mol. The van der Waals surface area contributed by atoms with Gasteiger partial charge in [-0.1, -0.05) is 30.3 Å². The van der Waals surface area contributed by atoms with E-state index in [2.05, 4.69) is 0 Å². The van der Waals surface area contributed by atoms with Crippen LogP contribution in [0.2, 0.25) is 0 Å². The summed E-state index contributed by atoms with van der Waals surface area (Å²) < 4.78 is 16.9. The van der Waals surface area contributed by atoms with Crippen molar-refractivity contribution in [3.05, 3.63) is 35.9 Å². The number of rotatable bonds is 3.